The Morgan fingerprint density at radius 1 is 1.33 bits per heavy atom. The van der Waals surface area contributed by atoms with Gasteiger partial charge in [-0.3, -0.25) is 10.1 Å². The van der Waals surface area contributed by atoms with Gasteiger partial charge in [-0.15, -0.1) is 0 Å². The molecule has 1 aromatic rings. The molecule has 0 aliphatic heterocycles. The molecule has 1 fully saturated rings. The summed E-state index contributed by atoms with van der Waals surface area (Å²) in [7, 11) is 0. The molecule has 1 aromatic carbocycles. The van der Waals surface area contributed by atoms with E-state index >= 15 is 0 Å². The Morgan fingerprint density at radius 3 is 2.67 bits per heavy atom. The number of hydrogen-bond acceptors (Lipinski definition) is 4. The predicted octanol–water partition coefficient (Wildman–Crippen LogP) is 2.27. The second kappa shape index (κ2) is 7.03. The molecule has 7 heteroatoms. The summed E-state index contributed by atoms with van der Waals surface area (Å²) in [6.07, 6.45) is 3.48. The molecule has 114 valence electrons. The van der Waals surface area contributed by atoms with Gasteiger partial charge >= 0.3 is 6.03 Å². The normalized spacial score (nSPS) is 21.6. The zero-order valence-electron chi connectivity index (χ0n) is 11.6. The lowest BCUT2D eigenvalue weighted by atomic mass is 9.87. The van der Waals surface area contributed by atoms with Gasteiger partial charge in [0.2, 0.25) is 0 Å². The smallest absolute Gasteiger partial charge is 0.319 e. The topological polar surface area (TPSA) is 104 Å². The average Bonchev–Trinajstić information content (AvgIpc) is 2.48. The van der Waals surface area contributed by atoms with Crippen molar-refractivity contribution >= 4 is 17.4 Å². The number of urea groups is 1. The standard InChI is InChI=1S/C14H19N3O4/c18-9-10-4-6-11(7-5-10)15-14(19)16-12-2-1-3-13(8-12)17(20)21/h1-3,8,10-11,18H,4-7,9H2,(H2,15,16,19). The molecule has 1 saturated carbocycles. The first-order chi connectivity index (χ1) is 10.1. The molecule has 2 amide bonds. The van der Waals surface area contributed by atoms with Gasteiger partial charge in [0.25, 0.3) is 5.69 Å². The summed E-state index contributed by atoms with van der Waals surface area (Å²) in [5.74, 6) is 0.336. The number of non-ortho nitro benzene ring substituents is 1. The Labute approximate surface area is 122 Å². The van der Waals surface area contributed by atoms with Crippen molar-refractivity contribution in [2.75, 3.05) is 11.9 Å². The van der Waals surface area contributed by atoms with Crippen LogP contribution in [0.15, 0.2) is 24.3 Å². The van der Waals surface area contributed by atoms with E-state index in [-0.39, 0.29) is 24.4 Å². The van der Waals surface area contributed by atoms with E-state index in [0.29, 0.717) is 11.6 Å². The van der Waals surface area contributed by atoms with Crippen LogP contribution in [0.4, 0.5) is 16.2 Å². The summed E-state index contributed by atoms with van der Waals surface area (Å²) in [5.41, 5.74) is 0.335. The zero-order chi connectivity index (χ0) is 15.2. The Kier molecular flexibility index (Phi) is 5.10. The van der Waals surface area contributed by atoms with Gasteiger partial charge in [0.05, 0.1) is 4.92 Å². The third kappa shape index (κ3) is 4.42. The number of aliphatic hydroxyl groups excluding tert-OH is 1. The highest BCUT2D eigenvalue weighted by Gasteiger charge is 2.21. The number of carbonyl (C=O) groups is 1. The fourth-order valence-corrected chi connectivity index (χ4v) is 2.54. The highest BCUT2D eigenvalue weighted by molar-refractivity contribution is 5.89. The number of amides is 2. The van der Waals surface area contributed by atoms with Crippen molar-refractivity contribution in [2.24, 2.45) is 5.92 Å². The van der Waals surface area contributed by atoms with Crippen LogP contribution in [0, 0.1) is 16.0 Å². The number of nitro groups is 1. The minimum Gasteiger partial charge on any atom is -0.396 e. The van der Waals surface area contributed by atoms with Crippen molar-refractivity contribution in [1.29, 1.82) is 0 Å². The van der Waals surface area contributed by atoms with Gasteiger partial charge < -0.3 is 15.7 Å². The number of nitrogens with zero attached hydrogens (tertiary/aromatic N) is 1. The number of carbonyl (C=O) groups excluding carboxylic acids is 1. The zero-order valence-corrected chi connectivity index (χ0v) is 11.6. The first-order valence-corrected chi connectivity index (χ1v) is 7.01. The average molecular weight is 293 g/mol. The minimum atomic E-state index is -0.501. The van der Waals surface area contributed by atoms with Crippen LogP contribution in [-0.2, 0) is 0 Å². The van der Waals surface area contributed by atoms with E-state index in [0.717, 1.165) is 25.7 Å². The number of benzene rings is 1. The lowest BCUT2D eigenvalue weighted by Gasteiger charge is -2.27. The Balaban J connectivity index is 1.85. The van der Waals surface area contributed by atoms with Crippen LogP contribution in [0.3, 0.4) is 0 Å². The fraction of sp³-hybridized carbons (Fsp3) is 0.500. The van der Waals surface area contributed by atoms with Crippen molar-refractivity contribution in [1.82, 2.24) is 5.32 Å². The number of nitro benzene ring substituents is 1. The summed E-state index contributed by atoms with van der Waals surface area (Å²) in [6.45, 7) is 0.201. The second-order valence-electron chi connectivity index (χ2n) is 5.31. The summed E-state index contributed by atoms with van der Waals surface area (Å²) in [5, 5.41) is 25.2. The Hall–Kier alpha value is -2.15. The van der Waals surface area contributed by atoms with Gasteiger partial charge in [0, 0.05) is 30.5 Å². The van der Waals surface area contributed by atoms with Crippen molar-refractivity contribution in [3.05, 3.63) is 34.4 Å². The van der Waals surface area contributed by atoms with Crippen LogP contribution < -0.4 is 10.6 Å². The molecule has 3 N–H and O–H groups in total. The maximum Gasteiger partial charge on any atom is 0.319 e. The van der Waals surface area contributed by atoms with Gasteiger partial charge in [0.1, 0.15) is 0 Å². The number of hydrogen-bond donors (Lipinski definition) is 3. The van der Waals surface area contributed by atoms with Gasteiger partial charge in [-0.05, 0) is 37.7 Å². The summed E-state index contributed by atoms with van der Waals surface area (Å²) < 4.78 is 0. The van der Waals surface area contributed by atoms with Crippen LogP contribution in [0.5, 0.6) is 0 Å². The fourth-order valence-electron chi connectivity index (χ4n) is 2.54. The Morgan fingerprint density at radius 2 is 2.05 bits per heavy atom. The molecular formula is C14H19N3O4. The number of nitrogens with one attached hydrogen (secondary N) is 2. The molecule has 21 heavy (non-hydrogen) atoms. The molecule has 1 aliphatic carbocycles. The minimum absolute atomic E-state index is 0.0590. The van der Waals surface area contributed by atoms with Gasteiger partial charge in [-0.1, -0.05) is 6.07 Å². The number of anilines is 1. The van der Waals surface area contributed by atoms with Crippen molar-refractivity contribution < 1.29 is 14.8 Å². The molecule has 0 saturated heterocycles. The first-order valence-electron chi connectivity index (χ1n) is 7.01. The van der Waals surface area contributed by atoms with Crippen LogP contribution in [0.1, 0.15) is 25.7 Å². The summed E-state index contributed by atoms with van der Waals surface area (Å²) in [4.78, 5) is 22.0. The molecule has 0 bridgehead atoms. The van der Waals surface area contributed by atoms with E-state index in [2.05, 4.69) is 10.6 Å². The Bertz CT molecular complexity index is 513. The molecule has 0 spiro atoms. The third-order valence-corrected chi connectivity index (χ3v) is 3.76. The highest BCUT2D eigenvalue weighted by atomic mass is 16.6. The molecule has 0 unspecified atom stereocenters. The molecule has 0 radical (unpaired) electrons. The SMILES string of the molecule is O=C(Nc1cccc([N+](=O)[O-])c1)NC1CCC(CO)CC1. The maximum atomic E-state index is 11.9. The summed E-state index contributed by atoms with van der Waals surface area (Å²) >= 11 is 0. The monoisotopic (exact) mass is 293 g/mol. The molecule has 7 nitrogen and oxygen atoms in total. The van der Waals surface area contributed by atoms with E-state index in [1.54, 1.807) is 6.07 Å². The van der Waals surface area contributed by atoms with Crippen molar-refractivity contribution in [3.8, 4) is 0 Å². The highest BCUT2D eigenvalue weighted by Crippen LogP contribution is 2.24. The van der Waals surface area contributed by atoms with Gasteiger partial charge in [0.15, 0.2) is 0 Å². The van der Waals surface area contributed by atoms with Crippen LogP contribution in [0.25, 0.3) is 0 Å². The lowest BCUT2D eigenvalue weighted by Crippen LogP contribution is -2.40. The number of rotatable bonds is 4. The van der Waals surface area contributed by atoms with Crippen LogP contribution in [-0.4, -0.2) is 28.7 Å². The van der Waals surface area contributed by atoms with E-state index in [9.17, 15) is 14.9 Å². The molecule has 0 heterocycles. The molecule has 2 rings (SSSR count). The van der Waals surface area contributed by atoms with Crippen LogP contribution in [0.2, 0.25) is 0 Å². The second-order valence-corrected chi connectivity index (χ2v) is 5.31. The van der Waals surface area contributed by atoms with E-state index < -0.39 is 4.92 Å². The molecular weight excluding hydrogens is 274 g/mol. The third-order valence-electron chi connectivity index (χ3n) is 3.76. The molecule has 0 atom stereocenters. The van der Waals surface area contributed by atoms with Crippen molar-refractivity contribution in [3.63, 3.8) is 0 Å². The van der Waals surface area contributed by atoms with E-state index in [4.69, 9.17) is 5.11 Å². The van der Waals surface area contributed by atoms with Gasteiger partial charge in [-0.2, -0.15) is 0 Å². The van der Waals surface area contributed by atoms with E-state index in [1.165, 1.54) is 18.2 Å². The largest absolute Gasteiger partial charge is 0.396 e. The lowest BCUT2D eigenvalue weighted by molar-refractivity contribution is -0.384. The quantitative estimate of drug-likeness (QED) is 0.585. The van der Waals surface area contributed by atoms with E-state index in [1.807, 2.05) is 0 Å². The summed E-state index contributed by atoms with van der Waals surface area (Å²) in [6, 6.07) is 5.56. The number of aliphatic hydroxyl groups is 1. The predicted molar refractivity (Wildman–Crippen MR) is 78.1 cm³/mol. The molecule has 1 aliphatic rings. The van der Waals surface area contributed by atoms with Gasteiger partial charge in [-0.25, -0.2) is 4.79 Å². The first kappa shape index (κ1) is 15.2. The maximum absolute atomic E-state index is 11.9. The molecule has 0 aromatic heterocycles. The van der Waals surface area contributed by atoms with Crippen molar-refractivity contribution in [2.45, 2.75) is 31.7 Å². The van der Waals surface area contributed by atoms with Crippen LogP contribution >= 0.6 is 0 Å².